The maximum Gasteiger partial charge on any atom is 0.295 e. The average Bonchev–Trinajstić information content (AvgIpc) is 2.71. The van der Waals surface area contributed by atoms with Gasteiger partial charge < -0.3 is 14.8 Å². The summed E-state index contributed by atoms with van der Waals surface area (Å²) in [5.74, 6) is -0.252. The fourth-order valence-electron chi connectivity index (χ4n) is 1.92. The lowest BCUT2D eigenvalue weighted by Crippen LogP contribution is -2.22. The number of aromatic amines is 1. The summed E-state index contributed by atoms with van der Waals surface area (Å²) in [6, 6.07) is 0. The molecular formula is C12H20N2O3. The minimum absolute atomic E-state index is 0.252. The summed E-state index contributed by atoms with van der Waals surface area (Å²) in [7, 11) is 0. The van der Waals surface area contributed by atoms with Crippen LogP contribution in [0.25, 0.3) is 0 Å². The number of aryl methyl sites for hydroxylation is 1. The molecule has 0 bridgehead atoms. The summed E-state index contributed by atoms with van der Waals surface area (Å²) in [5, 5.41) is 9.80. The Hall–Kier alpha value is -1.36. The highest BCUT2D eigenvalue weighted by atomic mass is 16.6. The molecule has 0 aromatic carbocycles. The van der Waals surface area contributed by atoms with Crippen molar-refractivity contribution in [3.05, 3.63) is 17.7 Å². The van der Waals surface area contributed by atoms with Gasteiger partial charge in [-0.25, -0.2) is 4.98 Å². The molecule has 0 radical (unpaired) electrons. The number of aliphatic hydroxyl groups excluding tert-OH is 1. The Balaban J connectivity index is 2.71. The lowest BCUT2D eigenvalue weighted by molar-refractivity contribution is -0.156. The Kier molecular flexibility index (Phi) is 5.69. The molecule has 1 aromatic heterocycles. The van der Waals surface area contributed by atoms with Crippen LogP contribution in [0.2, 0.25) is 0 Å². The summed E-state index contributed by atoms with van der Waals surface area (Å²) in [5.41, 5.74) is 1.68. The predicted octanol–water partition coefficient (Wildman–Crippen LogP) is 1.87. The molecule has 0 aliphatic carbocycles. The van der Waals surface area contributed by atoms with Crippen LogP contribution in [0.1, 0.15) is 49.9 Å². The van der Waals surface area contributed by atoms with Crippen molar-refractivity contribution in [2.75, 3.05) is 0 Å². The van der Waals surface area contributed by atoms with Crippen LogP contribution < -0.4 is 0 Å². The first kappa shape index (κ1) is 13.7. The van der Waals surface area contributed by atoms with Crippen molar-refractivity contribution < 1.29 is 14.6 Å². The Morgan fingerprint density at radius 2 is 2.35 bits per heavy atom. The van der Waals surface area contributed by atoms with E-state index >= 15 is 0 Å². The average molecular weight is 240 g/mol. The van der Waals surface area contributed by atoms with Crippen LogP contribution >= 0.6 is 0 Å². The van der Waals surface area contributed by atoms with Gasteiger partial charge in [0.05, 0.1) is 17.9 Å². The smallest absolute Gasteiger partial charge is 0.295 e. The number of unbranched alkanes of at least 4 members (excludes halogenated alkanes) is 2. The van der Waals surface area contributed by atoms with Gasteiger partial charge in [-0.2, -0.15) is 0 Å². The van der Waals surface area contributed by atoms with E-state index in [1.165, 1.54) is 0 Å². The van der Waals surface area contributed by atoms with Gasteiger partial charge >= 0.3 is 0 Å². The molecule has 5 nitrogen and oxygen atoms in total. The largest absolute Gasteiger partial charge is 0.437 e. The van der Waals surface area contributed by atoms with Crippen molar-refractivity contribution in [1.29, 1.82) is 0 Å². The number of nitrogens with one attached hydrogen (secondary N) is 1. The predicted molar refractivity (Wildman–Crippen MR) is 63.4 cm³/mol. The summed E-state index contributed by atoms with van der Waals surface area (Å²) >= 11 is 0. The number of carbonyl (C=O) groups is 1. The third kappa shape index (κ3) is 3.85. The molecule has 1 heterocycles. The van der Waals surface area contributed by atoms with E-state index in [-0.39, 0.29) is 12.4 Å². The number of ether oxygens (including phenoxy) is 1. The van der Waals surface area contributed by atoms with E-state index in [4.69, 9.17) is 0 Å². The van der Waals surface area contributed by atoms with E-state index in [0.29, 0.717) is 0 Å². The highest BCUT2D eigenvalue weighted by Gasteiger charge is 2.25. The number of hydrogen-bond acceptors (Lipinski definition) is 4. The summed E-state index contributed by atoms with van der Waals surface area (Å²) < 4.78 is 4.63. The number of aromatic nitrogens is 2. The maximum atomic E-state index is 10.3. The second-order valence-electron chi connectivity index (χ2n) is 4.14. The third-order valence-electron chi connectivity index (χ3n) is 2.88. The van der Waals surface area contributed by atoms with Crippen LogP contribution in [-0.2, 0) is 9.53 Å². The van der Waals surface area contributed by atoms with Crippen LogP contribution in [0.5, 0.6) is 0 Å². The molecule has 0 spiro atoms. The van der Waals surface area contributed by atoms with Crippen LogP contribution in [-0.4, -0.2) is 27.8 Å². The van der Waals surface area contributed by atoms with E-state index in [1.807, 2.05) is 6.92 Å². The van der Waals surface area contributed by atoms with Gasteiger partial charge in [-0.05, 0) is 13.3 Å². The second-order valence-corrected chi connectivity index (χ2v) is 4.14. The number of imidazole rings is 1. The van der Waals surface area contributed by atoms with Crippen LogP contribution in [0.15, 0.2) is 6.33 Å². The van der Waals surface area contributed by atoms with E-state index in [9.17, 15) is 9.90 Å². The molecule has 1 aromatic rings. The minimum Gasteiger partial charge on any atom is -0.437 e. The van der Waals surface area contributed by atoms with Crippen molar-refractivity contribution in [3.63, 3.8) is 0 Å². The zero-order chi connectivity index (χ0) is 12.7. The first-order valence-electron chi connectivity index (χ1n) is 5.97. The molecule has 0 saturated heterocycles. The molecule has 2 unspecified atom stereocenters. The molecule has 5 heteroatoms. The lowest BCUT2D eigenvalue weighted by Gasteiger charge is -2.20. The van der Waals surface area contributed by atoms with Gasteiger partial charge in [0.2, 0.25) is 6.29 Å². The highest BCUT2D eigenvalue weighted by Crippen LogP contribution is 2.26. The van der Waals surface area contributed by atoms with Gasteiger partial charge in [-0.15, -0.1) is 0 Å². The van der Waals surface area contributed by atoms with Gasteiger partial charge in [0, 0.05) is 5.69 Å². The summed E-state index contributed by atoms with van der Waals surface area (Å²) in [6.45, 7) is 4.29. The lowest BCUT2D eigenvalue weighted by atomic mass is 9.96. The standard InChI is InChI=1S/C12H20N2O3/c1-3-4-5-6-10(12(16)17-8-15)11-9(2)13-7-14-11/h7-8,10,12,16H,3-6H2,1-2H3,(H,13,14). The Morgan fingerprint density at radius 1 is 1.59 bits per heavy atom. The van der Waals surface area contributed by atoms with Gasteiger partial charge in [0.15, 0.2) is 0 Å². The number of aliphatic hydroxyl groups is 1. The SMILES string of the molecule is CCCCCC(c1nc[nH]c1C)C(O)OC=O. The molecule has 2 atom stereocenters. The number of rotatable bonds is 8. The monoisotopic (exact) mass is 240 g/mol. The minimum atomic E-state index is -1.12. The maximum absolute atomic E-state index is 10.3. The van der Waals surface area contributed by atoms with Crippen LogP contribution in [0.3, 0.4) is 0 Å². The van der Waals surface area contributed by atoms with Gasteiger partial charge in [-0.3, -0.25) is 4.79 Å². The van der Waals surface area contributed by atoms with E-state index in [2.05, 4.69) is 21.6 Å². The van der Waals surface area contributed by atoms with Crippen molar-refractivity contribution in [3.8, 4) is 0 Å². The Morgan fingerprint density at radius 3 is 2.88 bits per heavy atom. The van der Waals surface area contributed by atoms with E-state index in [1.54, 1.807) is 6.33 Å². The topological polar surface area (TPSA) is 75.2 Å². The normalized spacial score (nSPS) is 14.3. The van der Waals surface area contributed by atoms with Crippen molar-refractivity contribution in [2.45, 2.75) is 51.7 Å². The zero-order valence-electron chi connectivity index (χ0n) is 10.3. The Labute approximate surface area is 101 Å². The molecule has 0 aliphatic rings. The molecule has 96 valence electrons. The zero-order valence-corrected chi connectivity index (χ0v) is 10.3. The third-order valence-corrected chi connectivity index (χ3v) is 2.88. The molecular weight excluding hydrogens is 220 g/mol. The van der Waals surface area contributed by atoms with E-state index < -0.39 is 6.29 Å². The van der Waals surface area contributed by atoms with Gasteiger partial charge in [0.1, 0.15) is 0 Å². The number of hydrogen-bond donors (Lipinski definition) is 2. The van der Waals surface area contributed by atoms with Crippen LogP contribution in [0.4, 0.5) is 0 Å². The van der Waals surface area contributed by atoms with Crippen molar-refractivity contribution in [1.82, 2.24) is 9.97 Å². The van der Waals surface area contributed by atoms with Crippen molar-refractivity contribution >= 4 is 6.47 Å². The molecule has 2 N–H and O–H groups in total. The number of carbonyl (C=O) groups excluding carboxylic acids is 1. The fraction of sp³-hybridized carbons (Fsp3) is 0.667. The fourth-order valence-corrected chi connectivity index (χ4v) is 1.92. The molecule has 17 heavy (non-hydrogen) atoms. The van der Waals surface area contributed by atoms with Crippen molar-refractivity contribution in [2.24, 2.45) is 0 Å². The van der Waals surface area contributed by atoms with E-state index in [0.717, 1.165) is 37.1 Å². The molecule has 0 aliphatic heterocycles. The number of nitrogens with zero attached hydrogens (tertiary/aromatic N) is 1. The molecule has 0 saturated carbocycles. The quantitative estimate of drug-likeness (QED) is 0.413. The van der Waals surface area contributed by atoms with Gasteiger partial charge in [0.25, 0.3) is 6.47 Å². The highest BCUT2D eigenvalue weighted by molar-refractivity contribution is 5.37. The molecule has 0 fully saturated rings. The summed E-state index contributed by atoms with van der Waals surface area (Å²) in [4.78, 5) is 17.5. The second kappa shape index (κ2) is 7.06. The summed E-state index contributed by atoms with van der Waals surface area (Å²) in [6.07, 6.45) is 4.41. The van der Waals surface area contributed by atoms with Gasteiger partial charge in [-0.1, -0.05) is 26.2 Å². The first-order chi connectivity index (χ1) is 8.20. The molecule has 1 rings (SSSR count). The number of H-pyrrole nitrogens is 1. The van der Waals surface area contributed by atoms with Crippen LogP contribution in [0, 0.1) is 6.92 Å². The first-order valence-corrected chi connectivity index (χ1v) is 5.97. The molecule has 0 amide bonds. The Bertz CT molecular complexity index is 338.